The van der Waals surface area contributed by atoms with Crippen LogP contribution in [-0.2, 0) is 10.3 Å². The predicted octanol–water partition coefficient (Wildman–Crippen LogP) is 5.72. The first-order valence-electron chi connectivity index (χ1n) is 11.3. The molecule has 3 nitrogen and oxygen atoms in total. The Morgan fingerprint density at radius 1 is 0.893 bits per heavy atom. The van der Waals surface area contributed by atoms with Gasteiger partial charge in [-0.1, -0.05) is 57.5 Å². The van der Waals surface area contributed by atoms with E-state index in [0.29, 0.717) is 5.41 Å². The summed E-state index contributed by atoms with van der Waals surface area (Å²) in [4.78, 5) is 5.07. The summed E-state index contributed by atoms with van der Waals surface area (Å²) in [6.07, 6.45) is 1.08. The monoisotopic (exact) mass is 390 g/mol. The topological polar surface area (TPSA) is 15.7 Å². The largest absolute Gasteiger partial charge is 0.371 e. The maximum Gasteiger partial charge on any atom is 0.0875 e. The Bertz CT molecular complexity index is 563. The quantitative estimate of drug-likeness (QED) is 0.618. The normalized spacial score (nSPS) is 18.9. The van der Waals surface area contributed by atoms with Crippen LogP contribution in [0.4, 0.5) is 0 Å². The van der Waals surface area contributed by atoms with Gasteiger partial charge < -0.3 is 9.64 Å². The van der Waals surface area contributed by atoms with E-state index in [1.807, 2.05) is 27.7 Å². The molecule has 2 aliphatic rings. The van der Waals surface area contributed by atoms with Crippen molar-refractivity contribution < 1.29 is 4.74 Å². The molecular weight excluding hydrogens is 344 g/mol. The number of aryl methyl sites for hydroxylation is 1. The van der Waals surface area contributed by atoms with Gasteiger partial charge in [-0.25, -0.2) is 0 Å². The van der Waals surface area contributed by atoms with Crippen molar-refractivity contribution in [2.45, 2.75) is 79.9 Å². The molecule has 2 fully saturated rings. The third-order valence-corrected chi connectivity index (χ3v) is 6.04. The number of likely N-dealkylation sites (tertiary alicyclic amines) is 2. The molecule has 1 aromatic rings. The molecule has 2 saturated heterocycles. The van der Waals surface area contributed by atoms with Crippen LogP contribution in [0.3, 0.4) is 0 Å². The number of rotatable bonds is 6. The highest BCUT2D eigenvalue weighted by Crippen LogP contribution is 2.43. The molecule has 2 heterocycles. The van der Waals surface area contributed by atoms with Gasteiger partial charge in [0.1, 0.15) is 0 Å². The van der Waals surface area contributed by atoms with Gasteiger partial charge in [0.2, 0.25) is 0 Å². The number of hydrogen-bond donors (Lipinski definition) is 0. The molecule has 0 radical (unpaired) electrons. The van der Waals surface area contributed by atoms with Crippen molar-refractivity contribution in [1.29, 1.82) is 0 Å². The Labute approximate surface area is 175 Å². The lowest BCUT2D eigenvalue weighted by Crippen LogP contribution is -2.74. The van der Waals surface area contributed by atoms with Crippen LogP contribution in [0.25, 0.3) is 0 Å². The Kier molecular flexibility index (Phi) is 9.18. The molecule has 0 saturated carbocycles. The van der Waals surface area contributed by atoms with Crippen LogP contribution >= 0.6 is 0 Å². The highest BCUT2D eigenvalue weighted by atomic mass is 16.5. The number of hydrogen-bond acceptors (Lipinski definition) is 3. The molecule has 1 spiro atoms. The fraction of sp³-hybridized carbons (Fsp3) is 0.760. The van der Waals surface area contributed by atoms with E-state index >= 15 is 0 Å². The van der Waals surface area contributed by atoms with E-state index in [2.05, 4.69) is 75.7 Å². The lowest BCUT2D eigenvalue weighted by atomic mass is 9.71. The summed E-state index contributed by atoms with van der Waals surface area (Å²) in [7, 11) is 2.22. The fourth-order valence-electron chi connectivity index (χ4n) is 4.24. The molecule has 0 atom stereocenters. The second-order valence-corrected chi connectivity index (χ2v) is 9.32. The number of nitrogens with zero attached hydrogens (tertiary/aromatic N) is 2. The average molecular weight is 391 g/mol. The minimum atomic E-state index is -0.226. The standard InChI is InChI=1S/C21H34N2O.2C2H6/c1-17-7-9-18(10-8-17)20(4,5)24-12-11-19(2,3)23-15-21(16-23)13-22(6)14-21;2*1-2/h7-10H,11-16H2,1-6H3;2*1-2H3. The third-order valence-electron chi connectivity index (χ3n) is 6.04. The molecule has 3 rings (SSSR count). The van der Waals surface area contributed by atoms with Crippen molar-refractivity contribution in [2.75, 3.05) is 39.8 Å². The molecule has 162 valence electrons. The van der Waals surface area contributed by atoms with E-state index in [9.17, 15) is 0 Å². The summed E-state index contributed by atoms with van der Waals surface area (Å²) in [6.45, 7) is 25.1. The smallest absolute Gasteiger partial charge is 0.0875 e. The molecule has 0 N–H and O–H groups in total. The second-order valence-electron chi connectivity index (χ2n) is 9.32. The van der Waals surface area contributed by atoms with Gasteiger partial charge in [-0.05, 0) is 53.7 Å². The van der Waals surface area contributed by atoms with Crippen LogP contribution in [0.2, 0.25) is 0 Å². The minimum Gasteiger partial charge on any atom is -0.371 e. The maximum absolute atomic E-state index is 6.28. The van der Waals surface area contributed by atoms with Crippen LogP contribution < -0.4 is 0 Å². The van der Waals surface area contributed by atoms with Crippen molar-refractivity contribution >= 4 is 0 Å². The molecule has 1 aromatic carbocycles. The van der Waals surface area contributed by atoms with Crippen LogP contribution in [0.15, 0.2) is 24.3 Å². The van der Waals surface area contributed by atoms with Crippen molar-refractivity contribution in [3.05, 3.63) is 35.4 Å². The molecular formula is C25H46N2O. The van der Waals surface area contributed by atoms with Gasteiger partial charge in [0, 0.05) is 43.7 Å². The van der Waals surface area contributed by atoms with E-state index in [-0.39, 0.29) is 11.1 Å². The highest BCUT2D eigenvalue weighted by molar-refractivity contribution is 5.25. The molecule has 2 aliphatic heterocycles. The van der Waals surface area contributed by atoms with Crippen LogP contribution in [0.1, 0.15) is 72.9 Å². The van der Waals surface area contributed by atoms with Crippen LogP contribution in [-0.4, -0.2) is 55.2 Å². The van der Waals surface area contributed by atoms with Crippen molar-refractivity contribution in [3.63, 3.8) is 0 Å². The van der Waals surface area contributed by atoms with E-state index in [1.165, 1.54) is 37.3 Å². The zero-order valence-electron chi connectivity index (χ0n) is 20.4. The summed E-state index contributed by atoms with van der Waals surface area (Å²) >= 11 is 0. The Morgan fingerprint density at radius 2 is 1.39 bits per heavy atom. The summed E-state index contributed by atoms with van der Waals surface area (Å²) < 4.78 is 6.28. The predicted molar refractivity (Wildman–Crippen MR) is 123 cm³/mol. The first kappa shape index (κ1) is 25.1. The average Bonchev–Trinajstić information content (AvgIpc) is 2.60. The van der Waals surface area contributed by atoms with Gasteiger partial charge in [-0.15, -0.1) is 0 Å². The van der Waals surface area contributed by atoms with E-state index in [0.717, 1.165) is 13.0 Å². The van der Waals surface area contributed by atoms with Gasteiger partial charge in [0.25, 0.3) is 0 Å². The lowest BCUT2D eigenvalue weighted by Gasteiger charge is -2.63. The number of ether oxygens (including phenoxy) is 1. The summed E-state index contributed by atoms with van der Waals surface area (Å²) in [5, 5.41) is 0. The van der Waals surface area contributed by atoms with Crippen molar-refractivity contribution in [3.8, 4) is 0 Å². The van der Waals surface area contributed by atoms with E-state index < -0.39 is 0 Å². The van der Waals surface area contributed by atoms with Crippen molar-refractivity contribution in [2.24, 2.45) is 5.41 Å². The van der Waals surface area contributed by atoms with E-state index in [4.69, 9.17) is 4.74 Å². The lowest BCUT2D eigenvalue weighted by molar-refractivity contribution is -0.147. The molecule has 0 bridgehead atoms. The molecule has 0 amide bonds. The Morgan fingerprint density at radius 3 is 1.86 bits per heavy atom. The van der Waals surface area contributed by atoms with Crippen LogP contribution in [0.5, 0.6) is 0 Å². The zero-order valence-corrected chi connectivity index (χ0v) is 20.4. The Balaban J connectivity index is 0.000000921. The van der Waals surface area contributed by atoms with Crippen LogP contribution in [0, 0.1) is 12.3 Å². The SMILES string of the molecule is CC.CC.Cc1ccc(C(C)(C)OCCC(C)(C)N2CC3(CN(C)C3)C2)cc1. The fourth-order valence-corrected chi connectivity index (χ4v) is 4.24. The van der Waals surface area contributed by atoms with Gasteiger partial charge in [-0.3, -0.25) is 4.90 Å². The first-order valence-corrected chi connectivity index (χ1v) is 11.3. The van der Waals surface area contributed by atoms with Gasteiger partial charge in [-0.2, -0.15) is 0 Å². The van der Waals surface area contributed by atoms with Gasteiger partial charge in [0.05, 0.1) is 5.60 Å². The number of benzene rings is 1. The first-order chi connectivity index (χ1) is 13.1. The molecule has 0 aliphatic carbocycles. The summed E-state index contributed by atoms with van der Waals surface area (Å²) in [5.74, 6) is 0. The zero-order chi connectivity index (χ0) is 21.6. The maximum atomic E-state index is 6.28. The molecule has 3 heteroatoms. The minimum absolute atomic E-state index is 0.225. The Hall–Kier alpha value is -0.900. The third kappa shape index (κ3) is 6.05. The highest BCUT2D eigenvalue weighted by Gasteiger charge is 2.53. The molecule has 0 unspecified atom stereocenters. The summed E-state index contributed by atoms with van der Waals surface area (Å²) in [5.41, 5.74) is 3.16. The molecule has 28 heavy (non-hydrogen) atoms. The van der Waals surface area contributed by atoms with Gasteiger partial charge >= 0.3 is 0 Å². The summed E-state index contributed by atoms with van der Waals surface area (Å²) in [6, 6.07) is 8.71. The van der Waals surface area contributed by atoms with Gasteiger partial charge in [0.15, 0.2) is 0 Å². The molecule has 0 aromatic heterocycles. The van der Waals surface area contributed by atoms with E-state index in [1.54, 1.807) is 0 Å². The van der Waals surface area contributed by atoms with Crippen molar-refractivity contribution in [1.82, 2.24) is 9.80 Å². The second kappa shape index (κ2) is 10.2.